The molecule has 0 radical (unpaired) electrons. The van der Waals surface area contributed by atoms with E-state index < -0.39 is 0 Å². The highest BCUT2D eigenvalue weighted by Crippen LogP contribution is 2.15. The van der Waals surface area contributed by atoms with Crippen LogP contribution >= 0.6 is 0 Å². The molecule has 15 heavy (non-hydrogen) atoms. The van der Waals surface area contributed by atoms with Crippen LogP contribution in [0.1, 0.15) is 11.1 Å². The summed E-state index contributed by atoms with van der Waals surface area (Å²) < 4.78 is 4.99. The van der Waals surface area contributed by atoms with E-state index in [1.54, 1.807) is 12.5 Å². The molecule has 2 aromatic rings. The minimum absolute atomic E-state index is 0.550. The molecule has 0 saturated heterocycles. The van der Waals surface area contributed by atoms with Crippen LogP contribution in [-0.2, 0) is 13.1 Å². The van der Waals surface area contributed by atoms with E-state index in [0.29, 0.717) is 6.54 Å². The van der Waals surface area contributed by atoms with Gasteiger partial charge in [-0.2, -0.15) is 0 Å². The summed E-state index contributed by atoms with van der Waals surface area (Å²) in [6.45, 7) is 1.31. The maximum atomic E-state index is 5.64. The van der Waals surface area contributed by atoms with Crippen LogP contribution in [-0.4, -0.2) is 0 Å². The molecular weight excluding hydrogens is 188 g/mol. The van der Waals surface area contributed by atoms with Gasteiger partial charge in [-0.3, -0.25) is 0 Å². The minimum Gasteiger partial charge on any atom is -0.472 e. The Kier molecular flexibility index (Phi) is 3.05. The summed E-state index contributed by atoms with van der Waals surface area (Å²) >= 11 is 0. The van der Waals surface area contributed by atoms with Gasteiger partial charge in [-0.05, 0) is 17.7 Å². The third-order valence-electron chi connectivity index (χ3n) is 2.30. The van der Waals surface area contributed by atoms with Gasteiger partial charge in [-0.1, -0.05) is 18.2 Å². The first-order valence-electron chi connectivity index (χ1n) is 4.93. The predicted molar refractivity (Wildman–Crippen MR) is 60.4 cm³/mol. The lowest BCUT2D eigenvalue weighted by Gasteiger charge is -2.09. The number of hydrogen-bond donors (Lipinski definition) is 2. The van der Waals surface area contributed by atoms with Crippen molar-refractivity contribution in [2.24, 2.45) is 5.73 Å². The van der Waals surface area contributed by atoms with E-state index >= 15 is 0 Å². The Hall–Kier alpha value is -1.74. The van der Waals surface area contributed by atoms with Crippen LogP contribution < -0.4 is 11.1 Å². The molecule has 1 heterocycles. The molecule has 0 amide bonds. The van der Waals surface area contributed by atoms with Gasteiger partial charge >= 0.3 is 0 Å². The second-order valence-corrected chi connectivity index (χ2v) is 3.35. The summed E-state index contributed by atoms with van der Waals surface area (Å²) in [5, 5.41) is 3.33. The highest BCUT2D eigenvalue weighted by Gasteiger charge is 1.99. The van der Waals surface area contributed by atoms with Gasteiger partial charge in [0.2, 0.25) is 0 Å². The number of hydrogen-bond acceptors (Lipinski definition) is 3. The summed E-state index contributed by atoms with van der Waals surface area (Å²) in [5.41, 5.74) is 8.98. The van der Waals surface area contributed by atoms with Gasteiger partial charge in [0.05, 0.1) is 12.5 Å². The van der Waals surface area contributed by atoms with Gasteiger partial charge in [-0.25, -0.2) is 0 Å². The molecule has 0 saturated carbocycles. The Morgan fingerprint density at radius 1 is 1.20 bits per heavy atom. The summed E-state index contributed by atoms with van der Waals surface area (Å²) in [4.78, 5) is 0. The molecule has 0 atom stereocenters. The Bertz CT molecular complexity index is 409. The summed E-state index contributed by atoms with van der Waals surface area (Å²) in [7, 11) is 0. The Labute approximate surface area is 88.9 Å². The van der Waals surface area contributed by atoms with Crippen molar-refractivity contribution in [3.63, 3.8) is 0 Å². The van der Waals surface area contributed by atoms with Crippen molar-refractivity contribution in [3.05, 3.63) is 54.0 Å². The number of benzene rings is 1. The lowest BCUT2D eigenvalue weighted by Crippen LogP contribution is -2.04. The van der Waals surface area contributed by atoms with Gasteiger partial charge in [0.25, 0.3) is 0 Å². The van der Waals surface area contributed by atoms with Crippen LogP contribution in [0, 0.1) is 0 Å². The Morgan fingerprint density at radius 2 is 2.07 bits per heavy atom. The molecule has 3 nitrogen and oxygen atoms in total. The molecule has 0 unspecified atom stereocenters. The van der Waals surface area contributed by atoms with Gasteiger partial charge < -0.3 is 15.5 Å². The highest BCUT2D eigenvalue weighted by molar-refractivity contribution is 5.51. The van der Waals surface area contributed by atoms with Gasteiger partial charge in [0, 0.05) is 24.3 Å². The Morgan fingerprint density at radius 3 is 2.80 bits per heavy atom. The fourth-order valence-corrected chi connectivity index (χ4v) is 1.46. The maximum absolute atomic E-state index is 5.64. The molecule has 0 bridgehead atoms. The average Bonchev–Trinajstić information content (AvgIpc) is 2.79. The molecule has 3 heteroatoms. The molecule has 0 aliphatic heterocycles. The van der Waals surface area contributed by atoms with Crippen molar-refractivity contribution < 1.29 is 4.42 Å². The first kappa shape index (κ1) is 9.80. The number of nitrogens with two attached hydrogens (primary N) is 1. The van der Waals surface area contributed by atoms with E-state index in [-0.39, 0.29) is 0 Å². The summed E-state index contributed by atoms with van der Waals surface area (Å²) in [5.74, 6) is 0. The fraction of sp³-hybridized carbons (Fsp3) is 0.167. The predicted octanol–water partition coefficient (Wildman–Crippen LogP) is 2.35. The van der Waals surface area contributed by atoms with E-state index in [9.17, 15) is 0 Å². The van der Waals surface area contributed by atoms with E-state index in [2.05, 4.69) is 5.32 Å². The van der Waals surface area contributed by atoms with Crippen molar-refractivity contribution in [1.29, 1.82) is 0 Å². The van der Waals surface area contributed by atoms with Crippen LogP contribution in [0.5, 0.6) is 0 Å². The molecule has 0 aliphatic rings. The van der Waals surface area contributed by atoms with Gasteiger partial charge in [0.15, 0.2) is 0 Å². The SMILES string of the molecule is NCc1ccccc1NCc1ccoc1. The van der Waals surface area contributed by atoms with Crippen LogP contribution in [0.4, 0.5) is 5.69 Å². The van der Waals surface area contributed by atoms with Crippen molar-refractivity contribution in [2.75, 3.05) is 5.32 Å². The quantitative estimate of drug-likeness (QED) is 0.800. The van der Waals surface area contributed by atoms with Crippen LogP contribution in [0.25, 0.3) is 0 Å². The van der Waals surface area contributed by atoms with Crippen LogP contribution in [0.3, 0.4) is 0 Å². The number of furan rings is 1. The van der Waals surface area contributed by atoms with Crippen LogP contribution in [0.15, 0.2) is 47.3 Å². The fourth-order valence-electron chi connectivity index (χ4n) is 1.46. The molecule has 0 aliphatic carbocycles. The molecule has 0 fully saturated rings. The van der Waals surface area contributed by atoms with Gasteiger partial charge in [0.1, 0.15) is 0 Å². The molecule has 78 valence electrons. The summed E-state index contributed by atoms with van der Waals surface area (Å²) in [6.07, 6.45) is 3.41. The van der Waals surface area contributed by atoms with Crippen molar-refractivity contribution in [2.45, 2.75) is 13.1 Å². The highest BCUT2D eigenvalue weighted by atomic mass is 16.3. The number of para-hydroxylation sites is 1. The molecule has 2 rings (SSSR count). The molecule has 0 spiro atoms. The lowest BCUT2D eigenvalue weighted by molar-refractivity contribution is 0.564. The van der Waals surface area contributed by atoms with E-state index in [4.69, 9.17) is 10.2 Å². The van der Waals surface area contributed by atoms with Crippen molar-refractivity contribution >= 4 is 5.69 Å². The van der Waals surface area contributed by atoms with Crippen LogP contribution in [0.2, 0.25) is 0 Å². The molecule has 1 aromatic heterocycles. The van der Waals surface area contributed by atoms with Crippen molar-refractivity contribution in [3.8, 4) is 0 Å². The van der Waals surface area contributed by atoms with Crippen molar-refractivity contribution in [1.82, 2.24) is 0 Å². The first-order chi connectivity index (χ1) is 7.40. The van der Waals surface area contributed by atoms with Gasteiger partial charge in [-0.15, -0.1) is 0 Å². The maximum Gasteiger partial charge on any atom is 0.0952 e. The third-order valence-corrected chi connectivity index (χ3v) is 2.30. The second-order valence-electron chi connectivity index (χ2n) is 3.35. The zero-order valence-electron chi connectivity index (χ0n) is 8.44. The second kappa shape index (κ2) is 4.66. The number of rotatable bonds is 4. The average molecular weight is 202 g/mol. The zero-order chi connectivity index (χ0) is 10.5. The molecule has 3 N–H and O–H groups in total. The molecular formula is C12H14N2O. The normalized spacial score (nSPS) is 10.2. The largest absolute Gasteiger partial charge is 0.472 e. The monoisotopic (exact) mass is 202 g/mol. The lowest BCUT2D eigenvalue weighted by atomic mass is 10.1. The Balaban J connectivity index is 2.04. The number of anilines is 1. The molecule has 1 aromatic carbocycles. The standard InChI is InChI=1S/C12H14N2O/c13-7-11-3-1-2-4-12(11)14-8-10-5-6-15-9-10/h1-6,9,14H,7-8,13H2. The van der Waals surface area contributed by atoms with E-state index in [1.165, 1.54) is 0 Å². The third kappa shape index (κ3) is 2.39. The minimum atomic E-state index is 0.550. The summed E-state index contributed by atoms with van der Waals surface area (Å²) in [6, 6.07) is 9.99. The first-order valence-corrected chi connectivity index (χ1v) is 4.93. The number of nitrogens with one attached hydrogen (secondary N) is 1. The van der Waals surface area contributed by atoms with E-state index in [0.717, 1.165) is 23.4 Å². The smallest absolute Gasteiger partial charge is 0.0952 e. The zero-order valence-corrected chi connectivity index (χ0v) is 8.44. The topological polar surface area (TPSA) is 51.2 Å². The van der Waals surface area contributed by atoms with E-state index in [1.807, 2.05) is 30.3 Å².